The summed E-state index contributed by atoms with van der Waals surface area (Å²) in [6.07, 6.45) is 7.24. The van der Waals surface area contributed by atoms with Gasteiger partial charge in [0, 0.05) is 17.4 Å². The lowest BCUT2D eigenvalue weighted by Gasteiger charge is -2.22. The molecule has 3 N–H and O–H groups in total. The van der Waals surface area contributed by atoms with Gasteiger partial charge in [-0.25, -0.2) is 0 Å². The molecule has 6 nitrogen and oxygen atoms in total. The topological polar surface area (TPSA) is 83.4 Å². The normalized spacial score (nSPS) is 14.7. The van der Waals surface area contributed by atoms with Crippen LogP contribution in [0.2, 0.25) is 0 Å². The van der Waals surface area contributed by atoms with Crippen LogP contribution in [0.5, 0.6) is 0 Å². The number of anilines is 2. The Hall–Kier alpha value is -2.76. The van der Waals surface area contributed by atoms with Gasteiger partial charge in [0.2, 0.25) is 5.91 Å². The molecule has 1 aliphatic rings. The van der Waals surface area contributed by atoms with E-state index in [1.54, 1.807) is 24.3 Å². The van der Waals surface area contributed by atoms with Gasteiger partial charge < -0.3 is 20.4 Å². The van der Waals surface area contributed by atoms with E-state index in [9.17, 15) is 9.59 Å². The van der Waals surface area contributed by atoms with Gasteiger partial charge in [0.15, 0.2) is 5.76 Å². The summed E-state index contributed by atoms with van der Waals surface area (Å²) < 4.78 is 5.07. The zero-order chi connectivity index (χ0) is 17.5. The summed E-state index contributed by atoms with van der Waals surface area (Å²) in [7, 11) is 0. The Bertz CT molecular complexity index is 706. The highest BCUT2D eigenvalue weighted by molar-refractivity contribution is 6.02. The average Bonchev–Trinajstić information content (AvgIpc) is 3.16. The number of amides is 2. The average molecular weight is 341 g/mol. The molecule has 2 aromatic rings. The van der Waals surface area contributed by atoms with Gasteiger partial charge in [-0.2, -0.15) is 0 Å². The van der Waals surface area contributed by atoms with Gasteiger partial charge in [-0.3, -0.25) is 9.59 Å². The Balaban J connectivity index is 1.49. The van der Waals surface area contributed by atoms with Gasteiger partial charge in [-0.15, -0.1) is 0 Å². The third kappa shape index (κ3) is 5.11. The number of carbonyl (C=O) groups is 2. The van der Waals surface area contributed by atoms with Crippen molar-refractivity contribution in [2.24, 2.45) is 0 Å². The van der Waals surface area contributed by atoms with Gasteiger partial charge in [0.1, 0.15) is 0 Å². The Morgan fingerprint density at radius 3 is 2.60 bits per heavy atom. The first-order chi connectivity index (χ1) is 12.2. The van der Waals surface area contributed by atoms with Gasteiger partial charge in [0.05, 0.1) is 12.8 Å². The van der Waals surface area contributed by atoms with Crippen LogP contribution < -0.4 is 16.0 Å². The minimum absolute atomic E-state index is 0.00285. The SMILES string of the molecule is O=C(CNc1cccc(NC(=O)c2ccco2)c1)NC1CCCCC1. The second-order valence-corrected chi connectivity index (χ2v) is 6.27. The third-order valence-electron chi connectivity index (χ3n) is 4.29. The van der Waals surface area contributed by atoms with E-state index in [0.717, 1.165) is 18.5 Å². The monoisotopic (exact) mass is 341 g/mol. The van der Waals surface area contributed by atoms with E-state index in [4.69, 9.17) is 4.42 Å². The molecule has 25 heavy (non-hydrogen) atoms. The third-order valence-corrected chi connectivity index (χ3v) is 4.29. The molecule has 1 aliphatic carbocycles. The summed E-state index contributed by atoms with van der Waals surface area (Å²) in [6.45, 7) is 0.214. The van der Waals surface area contributed by atoms with Crippen LogP contribution in [-0.4, -0.2) is 24.4 Å². The number of benzene rings is 1. The van der Waals surface area contributed by atoms with Crippen LogP contribution in [0.1, 0.15) is 42.7 Å². The van der Waals surface area contributed by atoms with Crippen molar-refractivity contribution in [3.05, 3.63) is 48.4 Å². The predicted octanol–water partition coefficient (Wildman–Crippen LogP) is 3.39. The highest BCUT2D eigenvalue weighted by Crippen LogP contribution is 2.18. The summed E-state index contributed by atoms with van der Waals surface area (Å²) in [5.74, 6) is -0.0562. The van der Waals surface area contributed by atoms with Crippen molar-refractivity contribution < 1.29 is 14.0 Å². The van der Waals surface area contributed by atoms with Crippen molar-refractivity contribution in [2.45, 2.75) is 38.1 Å². The molecule has 1 saturated carbocycles. The first-order valence-electron chi connectivity index (χ1n) is 8.69. The molecule has 1 fully saturated rings. The molecule has 0 unspecified atom stereocenters. The number of furan rings is 1. The summed E-state index contributed by atoms with van der Waals surface area (Å²) in [6, 6.07) is 10.8. The number of carbonyl (C=O) groups excluding carboxylic acids is 2. The zero-order valence-corrected chi connectivity index (χ0v) is 14.1. The standard InChI is InChI=1S/C19H23N3O3/c23-18(21-14-6-2-1-3-7-14)13-20-15-8-4-9-16(12-15)22-19(24)17-10-5-11-25-17/h4-5,8-12,14,20H,1-3,6-7,13H2,(H,21,23)(H,22,24). The van der Waals surface area contributed by atoms with Crippen LogP contribution in [0.3, 0.4) is 0 Å². The van der Waals surface area contributed by atoms with Crippen molar-refractivity contribution in [3.8, 4) is 0 Å². The Morgan fingerprint density at radius 1 is 1.04 bits per heavy atom. The minimum Gasteiger partial charge on any atom is -0.459 e. The van der Waals surface area contributed by atoms with Crippen LogP contribution in [0.4, 0.5) is 11.4 Å². The smallest absolute Gasteiger partial charge is 0.291 e. The molecule has 0 aliphatic heterocycles. The Kier molecular flexibility index (Phi) is 5.72. The van der Waals surface area contributed by atoms with E-state index in [-0.39, 0.29) is 24.1 Å². The van der Waals surface area contributed by atoms with Gasteiger partial charge in [-0.05, 0) is 43.2 Å². The van der Waals surface area contributed by atoms with E-state index in [1.165, 1.54) is 25.5 Å². The first kappa shape index (κ1) is 17.1. The van der Waals surface area contributed by atoms with Crippen LogP contribution in [0.25, 0.3) is 0 Å². The van der Waals surface area contributed by atoms with Gasteiger partial charge in [-0.1, -0.05) is 25.3 Å². The molecule has 0 bridgehead atoms. The van der Waals surface area contributed by atoms with Crippen molar-refractivity contribution >= 4 is 23.2 Å². The maximum Gasteiger partial charge on any atom is 0.291 e. The predicted molar refractivity (Wildman–Crippen MR) is 96.6 cm³/mol. The fourth-order valence-electron chi connectivity index (χ4n) is 3.02. The van der Waals surface area contributed by atoms with Crippen LogP contribution in [-0.2, 0) is 4.79 Å². The number of hydrogen-bond acceptors (Lipinski definition) is 4. The largest absolute Gasteiger partial charge is 0.459 e. The lowest BCUT2D eigenvalue weighted by Crippen LogP contribution is -2.39. The summed E-state index contributed by atoms with van der Waals surface area (Å²) in [5, 5.41) is 8.93. The van der Waals surface area contributed by atoms with Crippen molar-refractivity contribution in [1.29, 1.82) is 0 Å². The summed E-state index contributed by atoms with van der Waals surface area (Å²) >= 11 is 0. The number of hydrogen-bond donors (Lipinski definition) is 3. The van der Waals surface area contributed by atoms with E-state index in [1.807, 2.05) is 12.1 Å². The number of nitrogens with one attached hydrogen (secondary N) is 3. The molecule has 2 amide bonds. The molecule has 132 valence electrons. The lowest BCUT2D eigenvalue weighted by molar-refractivity contribution is -0.120. The van der Waals surface area contributed by atoms with Crippen LogP contribution in [0.15, 0.2) is 47.1 Å². The molecular weight excluding hydrogens is 318 g/mol. The van der Waals surface area contributed by atoms with Crippen LogP contribution in [0, 0.1) is 0 Å². The zero-order valence-electron chi connectivity index (χ0n) is 14.1. The first-order valence-corrected chi connectivity index (χ1v) is 8.69. The fraction of sp³-hybridized carbons (Fsp3) is 0.368. The molecule has 1 aromatic carbocycles. The Morgan fingerprint density at radius 2 is 1.84 bits per heavy atom. The van der Waals surface area contributed by atoms with Crippen molar-refractivity contribution in [1.82, 2.24) is 5.32 Å². The van der Waals surface area contributed by atoms with Crippen molar-refractivity contribution in [3.63, 3.8) is 0 Å². The van der Waals surface area contributed by atoms with E-state index in [0.29, 0.717) is 11.7 Å². The molecule has 0 saturated heterocycles. The minimum atomic E-state index is -0.308. The molecule has 6 heteroatoms. The van der Waals surface area contributed by atoms with E-state index >= 15 is 0 Å². The molecule has 0 spiro atoms. The highest BCUT2D eigenvalue weighted by Gasteiger charge is 2.15. The van der Waals surface area contributed by atoms with Gasteiger partial charge >= 0.3 is 0 Å². The highest BCUT2D eigenvalue weighted by atomic mass is 16.3. The maximum absolute atomic E-state index is 12.0. The lowest BCUT2D eigenvalue weighted by atomic mass is 9.95. The molecule has 1 heterocycles. The number of rotatable bonds is 6. The molecule has 1 aromatic heterocycles. The second kappa shape index (κ2) is 8.37. The summed E-state index contributed by atoms with van der Waals surface area (Å²) in [4.78, 5) is 24.0. The van der Waals surface area contributed by atoms with E-state index in [2.05, 4.69) is 16.0 Å². The van der Waals surface area contributed by atoms with Crippen LogP contribution >= 0.6 is 0 Å². The van der Waals surface area contributed by atoms with Gasteiger partial charge in [0.25, 0.3) is 5.91 Å². The molecular formula is C19H23N3O3. The molecule has 0 atom stereocenters. The molecule has 3 rings (SSSR count). The molecule has 0 radical (unpaired) electrons. The Labute approximate surface area is 147 Å². The maximum atomic E-state index is 12.0. The van der Waals surface area contributed by atoms with Crippen molar-refractivity contribution in [2.75, 3.05) is 17.2 Å². The second-order valence-electron chi connectivity index (χ2n) is 6.27. The fourth-order valence-corrected chi connectivity index (χ4v) is 3.02. The summed E-state index contributed by atoms with van der Waals surface area (Å²) in [5.41, 5.74) is 1.41. The quantitative estimate of drug-likeness (QED) is 0.752. The van der Waals surface area contributed by atoms with E-state index < -0.39 is 0 Å².